The topological polar surface area (TPSA) is 36.3 Å². The normalized spacial score (nSPS) is 10.8. The first kappa shape index (κ1) is 12.5. The van der Waals surface area contributed by atoms with E-state index < -0.39 is 0 Å². The maximum Gasteiger partial charge on any atom is 0.257 e. The van der Waals surface area contributed by atoms with Crippen LogP contribution in [0.5, 0.6) is 11.6 Å². The summed E-state index contributed by atoms with van der Waals surface area (Å²) in [4.78, 5) is 4.42. The molecular weight excluding hydrogens is 331 g/mol. The lowest BCUT2D eigenvalue weighted by Gasteiger charge is -2.08. The monoisotopic (exact) mass is 346 g/mol. The molecule has 5 heteroatoms. The first-order valence-corrected chi connectivity index (χ1v) is 6.96. The van der Waals surface area contributed by atoms with Crippen molar-refractivity contribution >= 4 is 33.6 Å². The first-order chi connectivity index (χ1) is 8.30. The van der Waals surface area contributed by atoms with Crippen LogP contribution in [0.1, 0.15) is 6.42 Å². The Morgan fingerprint density at radius 2 is 2.18 bits per heavy atom. The van der Waals surface area contributed by atoms with Gasteiger partial charge in [-0.3, -0.25) is 0 Å². The highest BCUT2D eigenvalue weighted by atomic mass is 127. The molecule has 0 aliphatic heterocycles. The van der Waals surface area contributed by atoms with E-state index in [0.29, 0.717) is 11.6 Å². The van der Waals surface area contributed by atoms with Crippen LogP contribution in [-0.4, -0.2) is 28.2 Å². The summed E-state index contributed by atoms with van der Waals surface area (Å²) in [6, 6.07) is 3.98. The average Bonchev–Trinajstić information content (AvgIpc) is 2.76. The van der Waals surface area contributed by atoms with Crippen molar-refractivity contribution in [2.75, 3.05) is 18.6 Å². The van der Waals surface area contributed by atoms with Crippen molar-refractivity contribution in [1.29, 1.82) is 0 Å². The van der Waals surface area contributed by atoms with Crippen molar-refractivity contribution in [3.8, 4) is 11.6 Å². The molecule has 17 heavy (non-hydrogen) atoms. The number of ether oxygens (including phenoxy) is 2. The van der Waals surface area contributed by atoms with Gasteiger partial charge in [0.15, 0.2) is 5.75 Å². The molecule has 2 rings (SSSR count). The summed E-state index contributed by atoms with van der Waals surface area (Å²) in [5.74, 6) is 1.21. The third-order valence-electron chi connectivity index (χ3n) is 2.63. The Kier molecular flexibility index (Phi) is 4.09. The largest absolute Gasteiger partial charge is 0.491 e. The number of fused-ring (bicyclic) bond motifs is 1. The van der Waals surface area contributed by atoms with Crippen molar-refractivity contribution in [2.45, 2.75) is 13.0 Å². The quantitative estimate of drug-likeness (QED) is 0.617. The Balaban J connectivity index is 2.45. The van der Waals surface area contributed by atoms with Crippen LogP contribution in [0.15, 0.2) is 18.3 Å². The fraction of sp³-hybridized carbons (Fsp3) is 0.417. The molecule has 92 valence electrons. The summed E-state index contributed by atoms with van der Waals surface area (Å²) in [5, 5.41) is 0. The molecule has 0 unspecified atom stereocenters. The molecule has 0 amide bonds. The maximum absolute atomic E-state index is 5.27. The number of pyridine rings is 1. The minimum absolute atomic E-state index is 0.534. The third kappa shape index (κ3) is 2.48. The molecule has 0 saturated heterocycles. The van der Waals surface area contributed by atoms with Gasteiger partial charge in [0, 0.05) is 23.2 Å². The van der Waals surface area contributed by atoms with Gasteiger partial charge in [-0.1, -0.05) is 22.6 Å². The predicted octanol–water partition coefficient (Wildman–Crippen LogP) is 2.88. The lowest BCUT2D eigenvalue weighted by Crippen LogP contribution is -1.98. The van der Waals surface area contributed by atoms with E-state index in [4.69, 9.17) is 9.47 Å². The highest BCUT2D eigenvalue weighted by Crippen LogP contribution is 2.29. The van der Waals surface area contributed by atoms with Gasteiger partial charge in [0.25, 0.3) is 5.88 Å². The third-order valence-corrected chi connectivity index (χ3v) is 3.39. The lowest BCUT2D eigenvalue weighted by atomic mass is 10.3. The van der Waals surface area contributed by atoms with Crippen LogP contribution in [0.3, 0.4) is 0 Å². The average molecular weight is 346 g/mol. The number of aromatic nitrogens is 2. The van der Waals surface area contributed by atoms with Gasteiger partial charge in [-0.05, 0) is 12.5 Å². The van der Waals surface area contributed by atoms with Gasteiger partial charge in [-0.15, -0.1) is 0 Å². The summed E-state index contributed by atoms with van der Waals surface area (Å²) in [7, 11) is 3.23. The maximum atomic E-state index is 5.27. The number of alkyl halides is 1. The van der Waals surface area contributed by atoms with E-state index in [9.17, 15) is 0 Å². The Labute approximate surface area is 114 Å². The van der Waals surface area contributed by atoms with Gasteiger partial charge in [0.05, 0.1) is 25.3 Å². The van der Waals surface area contributed by atoms with Crippen LogP contribution < -0.4 is 9.47 Å². The minimum atomic E-state index is 0.534. The Bertz CT molecular complexity index is 510. The molecule has 0 bridgehead atoms. The van der Waals surface area contributed by atoms with E-state index >= 15 is 0 Å². The number of nitrogens with zero attached hydrogens (tertiary/aromatic N) is 2. The van der Waals surface area contributed by atoms with E-state index in [1.54, 1.807) is 14.2 Å². The van der Waals surface area contributed by atoms with Crippen LogP contribution in [0, 0.1) is 0 Å². The zero-order chi connectivity index (χ0) is 12.3. The minimum Gasteiger partial charge on any atom is -0.491 e. The van der Waals surface area contributed by atoms with E-state index in [2.05, 4.69) is 38.3 Å². The molecule has 2 heterocycles. The highest BCUT2D eigenvalue weighted by molar-refractivity contribution is 14.1. The molecular formula is C12H15IN2O2. The molecule has 0 radical (unpaired) electrons. The van der Waals surface area contributed by atoms with Crippen molar-refractivity contribution in [2.24, 2.45) is 0 Å². The standard InChI is InChI=1S/C12H15IN2O2/c1-16-11-8-10-9(14-12(11)17-2)4-7-15(10)6-3-5-13/h4,7-8H,3,5-6H2,1-2H3. The number of methoxy groups -OCH3 is 2. The van der Waals surface area contributed by atoms with Crippen molar-refractivity contribution in [1.82, 2.24) is 9.55 Å². The number of hydrogen-bond acceptors (Lipinski definition) is 3. The predicted molar refractivity (Wildman–Crippen MR) is 76.3 cm³/mol. The second-order valence-corrected chi connectivity index (χ2v) is 4.73. The van der Waals surface area contributed by atoms with Crippen LogP contribution in [0.25, 0.3) is 11.0 Å². The second kappa shape index (κ2) is 5.57. The molecule has 0 aliphatic rings. The molecule has 0 aliphatic carbocycles. The summed E-state index contributed by atoms with van der Waals surface area (Å²) < 4.78 is 13.8. The molecule has 4 nitrogen and oxygen atoms in total. The zero-order valence-electron chi connectivity index (χ0n) is 9.94. The molecule has 0 saturated carbocycles. The molecule has 0 N–H and O–H groups in total. The molecule has 0 atom stereocenters. The van der Waals surface area contributed by atoms with Crippen LogP contribution in [0.4, 0.5) is 0 Å². The Hall–Kier alpha value is -0.980. The summed E-state index contributed by atoms with van der Waals surface area (Å²) in [5.41, 5.74) is 2.03. The van der Waals surface area contributed by atoms with Crippen LogP contribution >= 0.6 is 22.6 Å². The Morgan fingerprint density at radius 1 is 1.35 bits per heavy atom. The van der Waals surface area contributed by atoms with Crippen LogP contribution in [-0.2, 0) is 6.54 Å². The van der Waals surface area contributed by atoms with Gasteiger partial charge in [-0.2, -0.15) is 0 Å². The molecule has 0 fully saturated rings. The van der Waals surface area contributed by atoms with Gasteiger partial charge in [0.2, 0.25) is 0 Å². The summed E-state index contributed by atoms with van der Waals surface area (Å²) in [6.45, 7) is 1.00. The second-order valence-electron chi connectivity index (χ2n) is 3.66. The molecule has 2 aromatic heterocycles. The molecule has 2 aromatic rings. The number of hydrogen-bond donors (Lipinski definition) is 0. The van der Waals surface area contributed by atoms with Crippen molar-refractivity contribution in [3.05, 3.63) is 18.3 Å². The van der Waals surface area contributed by atoms with Gasteiger partial charge in [-0.25, -0.2) is 4.98 Å². The van der Waals surface area contributed by atoms with Crippen molar-refractivity contribution < 1.29 is 9.47 Å². The fourth-order valence-corrected chi connectivity index (χ4v) is 2.13. The van der Waals surface area contributed by atoms with E-state index in [1.807, 2.05) is 12.1 Å². The van der Waals surface area contributed by atoms with Gasteiger partial charge >= 0.3 is 0 Å². The lowest BCUT2D eigenvalue weighted by molar-refractivity contribution is 0.344. The summed E-state index contributed by atoms with van der Waals surface area (Å²) in [6.07, 6.45) is 3.21. The molecule has 0 spiro atoms. The number of halogens is 1. The Morgan fingerprint density at radius 3 is 2.82 bits per heavy atom. The fourth-order valence-electron chi connectivity index (χ4n) is 1.79. The number of rotatable bonds is 5. The van der Waals surface area contributed by atoms with Gasteiger partial charge in [0.1, 0.15) is 0 Å². The summed E-state index contributed by atoms with van der Waals surface area (Å²) >= 11 is 2.39. The van der Waals surface area contributed by atoms with Crippen LogP contribution in [0.2, 0.25) is 0 Å². The highest BCUT2D eigenvalue weighted by Gasteiger charge is 2.10. The smallest absolute Gasteiger partial charge is 0.257 e. The van der Waals surface area contributed by atoms with E-state index in [1.165, 1.54) is 0 Å². The molecule has 0 aromatic carbocycles. The van der Waals surface area contributed by atoms with E-state index in [0.717, 1.165) is 28.4 Å². The van der Waals surface area contributed by atoms with Crippen molar-refractivity contribution in [3.63, 3.8) is 0 Å². The van der Waals surface area contributed by atoms with Gasteiger partial charge < -0.3 is 14.0 Å². The number of aryl methyl sites for hydroxylation is 1. The zero-order valence-corrected chi connectivity index (χ0v) is 12.1. The first-order valence-electron chi connectivity index (χ1n) is 5.44. The SMILES string of the molecule is COc1cc2c(ccn2CCCI)nc1OC. The van der Waals surface area contributed by atoms with E-state index in [-0.39, 0.29) is 0 Å².